The molecule has 0 bridgehead atoms. The molecule has 1 aromatic carbocycles. The van der Waals surface area contributed by atoms with E-state index in [1.54, 1.807) is 18.3 Å². The Morgan fingerprint density at radius 3 is 2.47 bits per heavy atom. The van der Waals surface area contributed by atoms with Crippen molar-refractivity contribution in [2.24, 2.45) is 0 Å². The second kappa shape index (κ2) is 9.41. The van der Waals surface area contributed by atoms with Crippen LogP contribution >= 0.6 is 39.1 Å². The van der Waals surface area contributed by atoms with Gasteiger partial charge in [0, 0.05) is 22.9 Å². The number of hydrogen-bond acceptors (Lipinski definition) is 4. The van der Waals surface area contributed by atoms with Crippen LogP contribution in [0.5, 0.6) is 0 Å². The molecule has 30 heavy (non-hydrogen) atoms. The van der Waals surface area contributed by atoms with Crippen LogP contribution in [0.2, 0.25) is 10.0 Å². The topological polar surface area (TPSA) is 56.1 Å². The van der Waals surface area contributed by atoms with Crippen LogP contribution in [0.4, 0.5) is 5.69 Å². The van der Waals surface area contributed by atoms with E-state index >= 15 is 0 Å². The van der Waals surface area contributed by atoms with E-state index < -0.39 is 12.0 Å². The van der Waals surface area contributed by atoms with Crippen molar-refractivity contribution in [2.75, 3.05) is 12.4 Å². The van der Waals surface area contributed by atoms with Gasteiger partial charge in [-0.1, -0.05) is 29.3 Å². The number of rotatable bonds is 6. The van der Waals surface area contributed by atoms with Crippen LogP contribution in [0, 0.1) is 6.92 Å². The summed E-state index contributed by atoms with van der Waals surface area (Å²) in [5.74, 6) is -0.423. The molecule has 2 aromatic heterocycles. The van der Waals surface area contributed by atoms with Gasteiger partial charge in [-0.2, -0.15) is 0 Å². The number of anilines is 1. The molecular formula is C22H22BrCl2N3O2. The maximum absolute atomic E-state index is 12.6. The molecule has 3 aromatic rings. The van der Waals surface area contributed by atoms with Crippen molar-refractivity contribution >= 4 is 50.8 Å². The fraction of sp³-hybridized carbons (Fsp3) is 0.273. The standard InChI is InChI=1S/C22H22BrCl2N3O2/c1-12(2)28-19(23)10-16(22(29)30-4)21(28)20(17-8-7-15(25)11-26-17)27-18-9-14(24)6-5-13(18)3/h5-12,20,27H,1-4H3. The number of esters is 1. The van der Waals surface area contributed by atoms with Crippen molar-refractivity contribution in [2.45, 2.75) is 32.9 Å². The first kappa shape index (κ1) is 22.7. The minimum absolute atomic E-state index is 0.0739. The van der Waals surface area contributed by atoms with E-state index in [-0.39, 0.29) is 6.04 Å². The largest absolute Gasteiger partial charge is 0.465 e. The molecule has 1 N–H and O–H groups in total. The molecule has 2 heterocycles. The van der Waals surface area contributed by atoms with Crippen LogP contribution in [0.1, 0.15) is 53.2 Å². The summed E-state index contributed by atoms with van der Waals surface area (Å²) in [5, 5.41) is 4.67. The molecule has 158 valence electrons. The van der Waals surface area contributed by atoms with E-state index in [9.17, 15) is 4.79 Å². The summed E-state index contributed by atoms with van der Waals surface area (Å²) in [5.41, 5.74) is 3.74. The molecule has 3 rings (SSSR count). The Kier molecular flexibility index (Phi) is 7.11. The number of benzene rings is 1. The second-order valence-electron chi connectivity index (χ2n) is 7.16. The third-order valence-corrected chi connectivity index (χ3v) is 5.84. The highest BCUT2D eigenvalue weighted by Crippen LogP contribution is 2.36. The van der Waals surface area contributed by atoms with Gasteiger partial charge < -0.3 is 14.6 Å². The zero-order chi connectivity index (χ0) is 22.0. The minimum Gasteiger partial charge on any atom is -0.465 e. The zero-order valence-corrected chi connectivity index (χ0v) is 20.1. The van der Waals surface area contributed by atoms with Crippen LogP contribution < -0.4 is 5.32 Å². The molecule has 0 amide bonds. The van der Waals surface area contributed by atoms with E-state index in [4.69, 9.17) is 27.9 Å². The quantitative estimate of drug-likeness (QED) is 0.369. The normalized spacial score (nSPS) is 12.1. The molecule has 0 radical (unpaired) electrons. The number of nitrogens with one attached hydrogen (secondary N) is 1. The molecule has 0 spiro atoms. The van der Waals surface area contributed by atoms with Gasteiger partial charge in [0.1, 0.15) is 6.04 Å². The summed E-state index contributed by atoms with van der Waals surface area (Å²) in [4.78, 5) is 17.2. The van der Waals surface area contributed by atoms with Crippen LogP contribution in [-0.2, 0) is 4.74 Å². The lowest BCUT2D eigenvalue weighted by Gasteiger charge is -2.26. The lowest BCUT2D eigenvalue weighted by Crippen LogP contribution is -2.22. The molecule has 1 atom stereocenters. The first-order chi connectivity index (χ1) is 14.2. The number of aryl methyl sites for hydroxylation is 1. The number of carbonyl (C=O) groups excluding carboxylic acids is 1. The average Bonchev–Trinajstić information content (AvgIpc) is 3.06. The smallest absolute Gasteiger partial charge is 0.339 e. The molecule has 0 saturated heterocycles. The Morgan fingerprint density at radius 1 is 1.17 bits per heavy atom. The number of methoxy groups -OCH3 is 1. The monoisotopic (exact) mass is 509 g/mol. The molecule has 0 aliphatic rings. The Balaban J connectivity index is 2.26. The number of ether oxygens (including phenoxy) is 1. The van der Waals surface area contributed by atoms with Crippen molar-refractivity contribution in [1.29, 1.82) is 0 Å². The van der Waals surface area contributed by atoms with Crippen LogP contribution in [0.3, 0.4) is 0 Å². The maximum atomic E-state index is 12.6. The lowest BCUT2D eigenvalue weighted by molar-refractivity contribution is 0.0599. The van der Waals surface area contributed by atoms with Crippen molar-refractivity contribution in [3.63, 3.8) is 0 Å². The summed E-state index contributed by atoms with van der Waals surface area (Å²) in [6, 6.07) is 10.6. The van der Waals surface area contributed by atoms with E-state index in [0.717, 1.165) is 21.5 Å². The van der Waals surface area contributed by atoms with Gasteiger partial charge in [0.05, 0.1) is 33.7 Å². The summed E-state index contributed by atoms with van der Waals surface area (Å²) in [7, 11) is 1.37. The fourth-order valence-corrected chi connectivity index (χ4v) is 4.46. The Labute approximate surface area is 194 Å². The van der Waals surface area contributed by atoms with Gasteiger partial charge in [-0.25, -0.2) is 4.79 Å². The highest BCUT2D eigenvalue weighted by Gasteiger charge is 2.30. The number of pyridine rings is 1. The second-order valence-corrected chi connectivity index (χ2v) is 8.84. The third kappa shape index (κ3) is 4.66. The van der Waals surface area contributed by atoms with E-state index in [1.807, 2.05) is 49.6 Å². The Bertz CT molecular complexity index is 1060. The summed E-state index contributed by atoms with van der Waals surface area (Å²) in [6.45, 7) is 6.09. The Morgan fingerprint density at radius 2 is 1.87 bits per heavy atom. The van der Waals surface area contributed by atoms with Gasteiger partial charge in [-0.15, -0.1) is 0 Å². The summed E-state index contributed by atoms with van der Waals surface area (Å²) in [6.07, 6.45) is 1.59. The molecule has 0 aliphatic carbocycles. The molecule has 1 unspecified atom stereocenters. The molecule has 5 nitrogen and oxygen atoms in total. The van der Waals surface area contributed by atoms with Crippen LogP contribution in [0.15, 0.2) is 47.2 Å². The molecule has 0 saturated carbocycles. The third-order valence-electron chi connectivity index (χ3n) is 4.77. The SMILES string of the molecule is COC(=O)c1cc(Br)n(C(C)C)c1C(Nc1cc(Cl)ccc1C)c1ccc(Cl)cn1. The first-order valence-corrected chi connectivity index (χ1v) is 10.9. The predicted octanol–water partition coefficient (Wildman–Crippen LogP) is 6.83. The van der Waals surface area contributed by atoms with E-state index in [0.29, 0.717) is 21.3 Å². The van der Waals surface area contributed by atoms with Gasteiger partial charge in [-0.05, 0) is 72.6 Å². The van der Waals surface area contributed by atoms with Gasteiger partial charge in [0.2, 0.25) is 0 Å². The fourth-order valence-electron chi connectivity index (χ4n) is 3.35. The van der Waals surface area contributed by atoms with E-state index in [1.165, 1.54) is 7.11 Å². The number of halogens is 3. The number of nitrogens with zero attached hydrogens (tertiary/aromatic N) is 2. The first-order valence-electron chi connectivity index (χ1n) is 9.36. The minimum atomic E-state index is -0.456. The van der Waals surface area contributed by atoms with Gasteiger partial charge in [0.15, 0.2) is 0 Å². The van der Waals surface area contributed by atoms with Gasteiger partial charge in [0.25, 0.3) is 0 Å². The van der Waals surface area contributed by atoms with Crippen LogP contribution in [0.25, 0.3) is 0 Å². The predicted molar refractivity (Wildman–Crippen MR) is 125 cm³/mol. The molecular weight excluding hydrogens is 489 g/mol. The highest BCUT2D eigenvalue weighted by atomic mass is 79.9. The number of hydrogen-bond donors (Lipinski definition) is 1. The molecule has 8 heteroatoms. The van der Waals surface area contributed by atoms with Crippen molar-refractivity contribution in [3.8, 4) is 0 Å². The lowest BCUT2D eigenvalue weighted by atomic mass is 10.0. The number of aromatic nitrogens is 2. The van der Waals surface area contributed by atoms with Crippen molar-refractivity contribution < 1.29 is 9.53 Å². The van der Waals surface area contributed by atoms with Crippen molar-refractivity contribution in [1.82, 2.24) is 9.55 Å². The molecule has 0 aliphatic heterocycles. The average molecular weight is 511 g/mol. The van der Waals surface area contributed by atoms with Crippen LogP contribution in [-0.4, -0.2) is 22.6 Å². The summed E-state index contributed by atoms with van der Waals surface area (Å²) >= 11 is 15.9. The van der Waals surface area contributed by atoms with Gasteiger partial charge >= 0.3 is 5.97 Å². The molecule has 0 fully saturated rings. The maximum Gasteiger partial charge on any atom is 0.339 e. The van der Waals surface area contributed by atoms with Gasteiger partial charge in [-0.3, -0.25) is 4.98 Å². The highest BCUT2D eigenvalue weighted by molar-refractivity contribution is 9.10. The zero-order valence-electron chi connectivity index (χ0n) is 17.0. The summed E-state index contributed by atoms with van der Waals surface area (Å²) < 4.78 is 7.88. The Hall–Kier alpha value is -2.02. The number of carbonyl (C=O) groups is 1. The van der Waals surface area contributed by atoms with Crippen molar-refractivity contribution in [3.05, 3.63) is 79.8 Å². The van der Waals surface area contributed by atoms with E-state index in [2.05, 4.69) is 26.2 Å².